The molecule has 0 unspecified atom stereocenters. The van der Waals surface area contributed by atoms with Gasteiger partial charge in [-0.1, -0.05) is 6.07 Å². The van der Waals surface area contributed by atoms with Crippen LogP contribution in [0.1, 0.15) is 25.0 Å². The van der Waals surface area contributed by atoms with Crippen molar-refractivity contribution >= 4 is 11.6 Å². The summed E-state index contributed by atoms with van der Waals surface area (Å²) < 4.78 is 41.0. The Labute approximate surface area is 143 Å². The lowest BCUT2D eigenvalue weighted by molar-refractivity contribution is -0.274. The molecule has 0 atom stereocenters. The molecular weight excluding hydrogens is 333 g/mol. The molecule has 134 valence electrons. The zero-order valence-electron chi connectivity index (χ0n) is 14.0. The largest absolute Gasteiger partial charge is 0.573 e. The molecule has 0 spiro atoms. The number of nitrogens with one attached hydrogen (secondary N) is 1. The molecule has 5 nitrogen and oxygen atoms in total. The minimum absolute atomic E-state index is 0.176. The van der Waals surface area contributed by atoms with Gasteiger partial charge in [-0.25, -0.2) is 9.97 Å². The third-order valence-electron chi connectivity index (χ3n) is 3.84. The van der Waals surface area contributed by atoms with Gasteiger partial charge in [0.25, 0.3) is 0 Å². The van der Waals surface area contributed by atoms with E-state index < -0.39 is 6.36 Å². The molecule has 0 saturated heterocycles. The van der Waals surface area contributed by atoms with E-state index in [1.807, 2.05) is 19.9 Å². The van der Waals surface area contributed by atoms with Gasteiger partial charge < -0.3 is 15.0 Å². The van der Waals surface area contributed by atoms with Crippen LogP contribution >= 0.6 is 0 Å². The molecule has 0 fully saturated rings. The van der Waals surface area contributed by atoms with Gasteiger partial charge in [0.1, 0.15) is 23.7 Å². The predicted molar refractivity (Wildman–Crippen MR) is 88.7 cm³/mol. The monoisotopic (exact) mass is 352 g/mol. The number of benzene rings is 1. The van der Waals surface area contributed by atoms with Gasteiger partial charge in [0.2, 0.25) is 0 Å². The van der Waals surface area contributed by atoms with Crippen molar-refractivity contribution in [2.24, 2.45) is 0 Å². The van der Waals surface area contributed by atoms with E-state index >= 15 is 0 Å². The van der Waals surface area contributed by atoms with E-state index in [-0.39, 0.29) is 11.8 Å². The zero-order valence-corrected chi connectivity index (χ0v) is 14.0. The molecule has 1 N–H and O–H groups in total. The SMILES string of the molecule is CC(C)Nc1cc(N2CCc3cc(OC(F)(F)F)ccc3C2)ncn1. The second-order valence-electron chi connectivity index (χ2n) is 6.21. The second kappa shape index (κ2) is 6.78. The first-order valence-corrected chi connectivity index (χ1v) is 8.01. The topological polar surface area (TPSA) is 50.3 Å². The van der Waals surface area contributed by atoms with Crippen LogP contribution in [0.25, 0.3) is 0 Å². The molecule has 1 aliphatic rings. The third kappa shape index (κ3) is 4.52. The molecule has 8 heteroatoms. The average molecular weight is 352 g/mol. The summed E-state index contributed by atoms with van der Waals surface area (Å²) in [6.45, 7) is 5.30. The minimum atomic E-state index is -4.67. The number of fused-ring (bicyclic) bond motifs is 1. The Hall–Kier alpha value is -2.51. The van der Waals surface area contributed by atoms with E-state index in [1.54, 1.807) is 6.07 Å². The van der Waals surface area contributed by atoms with Crippen LogP contribution in [-0.4, -0.2) is 28.9 Å². The Morgan fingerprint density at radius 2 is 1.96 bits per heavy atom. The minimum Gasteiger partial charge on any atom is -0.406 e. The third-order valence-corrected chi connectivity index (χ3v) is 3.84. The van der Waals surface area contributed by atoms with Gasteiger partial charge in [0.15, 0.2) is 0 Å². The number of nitrogens with zero attached hydrogens (tertiary/aromatic N) is 3. The molecule has 0 amide bonds. The summed E-state index contributed by atoms with van der Waals surface area (Å²) in [7, 11) is 0. The number of aromatic nitrogens is 2. The fourth-order valence-corrected chi connectivity index (χ4v) is 2.82. The highest BCUT2D eigenvalue weighted by Gasteiger charge is 2.31. The maximum absolute atomic E-state index is 12.3. The predicted octanol–water partition coefficient (Wildman–Crippen LogP) is 3.76. The summed E-state index contributed by atoms with van der Waals surface area (Å²) in [6.07, 6.45) is -2.53. The summed E-state index contributed by atoms with van der Waals surface area (Å²) in [4.78, 5) is 10.6. The van der Waals surface area contributed by atoms with Gasteiger partial charge in [0, 0.05) is 25.2 Å². The van der Waals surface area contributed by atoms with Crippen LogP contribution < -0.4 is 15.0 Å². The Morgan fingerprint density at radius 1 is 1.16 bits per heavy atom. The first-order chi connectivity index (χ1) is 11.8. The van der Waals surface area contributed by atoms with Crippen LogP contribution in [0.2, 0.25) is 0 Å². The lowest BCUT2D eigenvalue weighted by atomic mass is 9.99. The zero-order chi connectivity index (χ0) is 18.0. The highest BCUT2D eigenvalue weighted by atomic mass is 19.4. The van der Waals surface area contributed by atoms with E-state index in [1.165, 1.54) is 18.5 Å². The number of halogens is 3. The van der Waals surface area contributed by atoms with E-state index in [2.05, 4.69) is 24.9 Å². The lowest BCUT2D eigenvalue weighted by Gasteiger charge is -2.30. The maximum atomic E-state index is 12.3. The van der Waals surface area contributed by atoms with E-state index in [0.29, 0.717) is 19.5 Å². The standard InChI is InChI=1S/C17H19F3N4O/c1-11(2)23-15-8-16(22-10-21-15)24-6-5-12-7-14(25-17(18,19)20)4-3-13(12)9-24/h3-4,7-8,10-11H,5-6,9H2,1-2H3,(H,21,22,23). The summed E-state index contributed by atoms with van der Waals surface area (Å²) in [6, 6.07) is 6.63. The van der Waals surface area contributed by atoms with Crippen molar-refractivity contribution in [1.29, 1.82) is 0 Å². The first kappa shape index (κ1) is 17.3. The Morgan fingerprint density at radius 3 is 2.68 bits per heavy atom. The van der Waals surface area contributed by atoms with Gasteiger partial charge in [-0.15, -0.1) is 13.2 Å². The quantitative estimate of drug-likeness (QED) is 0.908. The molecular formula is C17H19F3N4O. The van der Waals surface area contributed by atoms with Crippen LogP contribution in [0.4, 0.5) is 24.8 Å². The molecule has 0 radical (unpaired) electrons. The molecule has 25 heavy (non-hydrogen) atoms. The summed E-state index contributed by atoms with van der Waals surface area (Å²) in [5.74, 6) is 1.37. The van der Waals surface area contributed by atoms with Gasteiger partial charge >= 0.3 is 6.36 Å². The number of anilines is 2. The lowest BCUT2D eigenvalue weighted by Crippen LogP contribution is -2.31. The first-order valence-electron chi connectivity index (χ1n) is 8.01. The van der Waals surface area contributed by atoms with Crippen molar-refractivity contribution < 1.29 is 17.9 Å². The fraction of sp³-hybridized carbons (Fsp3) is 0.412. The highest BCUT2D eigenvalue weighted by molar-refractivity contribution is 5.51. The molecule has 3 rings (SSSR count). The molecule has 1 aromatic heterocycles. The number of hydrogen-bond donors (Lipinski definition) is 1. The van der Waals surface area contributed by atoms with Gasteiger partial charge in [-0.05, 0) is 43.5 Å². The summed E-state index contributed by atoms with van der Waals surface area (Å²) in [5.41, 5.74) is 1.84. The average Bonchev–Trinajstić information content (AvgIpc) is 2.52. The van der Waals surface area contributed by atoms with Gasteiger partial charge in [-0.2, -0.15) is 0 Å². The number of rotatable bonds is 4. The molecule has 2 aromatic rings. The molecule has 0 aliphatic carbocycles. The normalized spacial score (nSPS) is 14.4. The van der Waals surface area contributed by atoms with Crippen LogP contribution in [0, 0.1) is 0 Å². The van der Waals surface area contributed by atoms with Crippen LogP contribution in [0.3, 0.4) is 0 Å². The molecule has 1 aliphatic heterocycles. The van der Waals surface area contributed by atoms with Crippen molar-refractivity contribution in [2.75, 3.05) is 16.8 Å². The maximum Gasteiger partial charge on any atom is 0.573 e. The molecule has 2 heterocycles. The number of hydrogen-bond acceptors (Lipinski definition) is 5. The van der Waals surface area contributed by atoms with Crippen molar-refractivity contribution in [3.8, 4) is 5.75 Å². The molecule has 0 bridgehead atoms. The van der Waals surface area contributed by atoms with E-state index in [9.17, 15) is 13.2 Å². The Kier molecular flexibility index (Phi) is 4.69. The number of ether oxygens (including phenoxy) is 1. The fourth-order valence-electron chi connectivity index (χ4n) is 2.82. The molecule has 1 aromatic carbocycles. The van der Waals surface area contributed by atoms with Crippen molar-refractivity contribution in [3.05, 3.63) is 41.7 Å². The highest BCUT2D eigenvalue weighted by Crippen LogP contribution is 2.29. The van der Waals surface area contributed by atoms with Crippen LogP contribution in [0.5, 0.6) is 5.75 Å². The summed E-state index contributed by atoms with van der Waals surface area (Å²) >= 11 is 0. The summed E-state index contributed by atoms with van der Waals surface area (Å²) in [5, 5.41) is 3.23. The second-order valence-corrected chi connectivity index (χ2v) is 6.21. The van der Waals surface area contributed by atoms with Gasteiger partial charge in [0.05, 0.1) is 0 Å². The van der Waals surface area contributed by atoms with E-state index in [4.69, 9.17) is 0 Å². The van der Waals surface area contributed by atoms with Crippen molar-refractivity contribution in [2.45, 2.75) is 39.2 Å². The van der Waals surface area contributed by atoms with Crippen LogP contribution in [0.15, 0.2) is 30.6 Å². The smallest absolute Gasteiger partial charge is 0.406 e. The molecule has 0 saturated carbocycles. The Balaban J connectivity index is 1.75. The van der Waals surface area contributed by atoms with Crippen molar-refractivity contribution in [1.82, 2.24) is 9.97 Å². The Bertz CT molecular complexity index is 749. The van der Waals surface area contributed by atoms with Crippen molar-refractivity contribution in [3.63, 3.8) is 0 Å². The number of alkyl halides is 3. The van der Waals surface area contributed by atoms with E-state index in [0.717, 1.165) is 22.8 Å². The van der Waals surface area contributed by atoms with Gasteiger partial charge in [-0.3, -0.25) is 0 Å². The van der Waals surface area contributed by atoms with Crippen LogP contribution in [-0.2, 0) is 13.0 Å².